The smallest absolute Gasteiger partial charge is 0.197 e. The molecule has 2 aromatic rings. The van der Waals surface area contributed by atoms with Crippen LogP contribution in [0.1, 0.15) is 42.6 Å². The van der Waals surface area contributed by atoms with Gasteiger partial charge in [-0.25, -0.2) is 4.98 Å². The maximum atomic E-state index is 5.77. The van der Waals surface area contributed by atoms with Gasteiger partial charge >= 0.3 is 0 Å². The summed E-state index contributed by atoms with van der Waals surface area (Å²) in [4.78, 5) is 7.58. The molecule has 0 aliphatic heterocycles. The van der Waals surface area contributed by atoms with Gasteiger partial charge in [0.05, 0.1) is 12.8 Å². The lowest BCUT2D eigenvalue weighted by molar-refractivity contribution is 0.414. The van der Waals surface area contributed by atoms with Crippen LogP contribution in [-0.2, 0) is 0 Å². The van der Waals surface area contributed by atoms with Crippen molar-refractivity contribution < 1.29 is 4.74 Å². The van der Waals surface area contributed by atoms with Crippen molar-refractivity contribution in [2.24, 2.45) is 5.41 Å². The van der Waals surface area contributed by atoms with Crippen molar-refractivity contribution >= 4 is 5.95 Å². The summed E-state index contributed by atoms with van der Waals surface area (Å²) in [5.74, 6) is 2.30. The SMILES string of the molecule is COc1ccc(C2C(c3nc(N)[nH]c3C)C2(C)C)cc1. The summed E-state index contributed by atoms with van der Waals surface area (Å²) >= 11 is 0. The molecule has 0 bridgehead atoms. The molecule has 0 amide bonds. The van der Waals surface area contributed by atoms with E-state index in [1.165, 1.54) is 5.56 Å². The Balaban J connectivity index is 1.92. The first-order valence-electron chi connectivity index (χ1n) is 6.91. The van der Waals surface area contributed by atoms with E-state index in [2.05, 4.69) is 35.9 Å². The molecule has 1 fully saturated rings. The standard InChI is InChI=1S/C16H21N3O/c1-9-14(19-15(17)18-9)13-12(16(13,2)3)10-5-7-11(20-4)8-6-10/h5-8,12-13H,1-4H3,(H3,17,18,19). The van der Waals surface area contributed by atoms with Gasteiger partial charge in [-0.05, 0) is 36.0 Å². The number of H-pyrrole nitrogens is 1. The third kappa shape index (κ3) is 1.87. The van der Waals surface area contributed by atoms with Gasteiger partial charge < -0.3 is 15.5 Å². The highest BCUT2D eigenvalue weighted by Crippen LogP contribution is 2.69. The average molecular weight is 271 g/mol. The number of anilines is 1. The maximum Gasteiger partial charge on any atom is 0.197 e. The zero-order valence-corrected chi connectivity index (χ0v) is 12.4. The number of hydrogen-bond acceptors (Lipinski definition) is 3. The molecule has 2 atom stereocenters. The number of benzene rings is 1. The molecule has 0 saturated heterocycles. The Hall–Kier alpha value is -1.97. The van der Waals surface area contributed by atoms with Crippen LogP contribution in [0.15, 0.2) is 24.3 Å². The van der Waals surface area contributed by atoms with E-state index < -0.39 is 0 Å². The van der Waals surface area contributed by atoms with E-state index in [9.17, 15) is 0 Å². The largest absolute Gasteiger partial charge is 0.497 e. The lowest BCUT2D eigenvalue weighted by Gasteiger charge is -2.04. The van der Waals surface area contributed by atoms with Crippen LogP contribution in [0.25, 0.3) is 0 Å². The van der Waals surface area contributed by atoms with E-state index in [-0.39, 0.29) is 5.41 Å². The molecule has 1 aliphatic rings. The highest BCUT2D eigenvalue weighted by Gasteiger charge is 2.60. The minimum Gasteiger partial charge on any atom is -0.497 e. The number of nitrogens with two attached hydrogens (primary N) is 1. The summed E-state index contributed by atoms with van der Waals surface area (Å²) in [6.07, 6.45) is 0. The van der Waals surface area contributed by atoms with Gasteiger partial charge in [0.25, 0.3) is 0 Å². The molecule has 3 rings (SSSR count). The van der Waals surface area contributed by atoms with Crippen molar-refractivity contribution in [1.29, 1.82) is 0 Å². The number of ether oxygens (including phenoxy) is 1. The number of methoxy groups -OCH3 is 1. The summed E-state index contributed by atoms with van der Waals surface area (Å²) in [5.41, 5.74) is 9.50. The monoisotopic (exact) mass is 271 g/mol. The van der Waals surface area contributed by atoms with Crippen LogP contribution in [0.3, 0.4) is 0 Å². The minimum absolute atomic E-state index is 0.209. The number of imidazole rings is 1. The van der Waals surface area contributed by atoms with Gasteiger partial charge in [0.2, 0.25) is 0 Å². The molecule has 2 unspecified atom stereocenters. The molecule has 3 N–H and O–H groups in total. The molecule has 1 saturated carbocycles. The second kappa shape index (κ2) is 4.27. The molecule has 1 aromatic carbocycles. The number of rotatable bonds is 3. The summed E-state index contributed by atoms with van der Waals surface area (Å²) in [6.45, 7) is 6.62. The van der Waals surface area contributed by atoms with Gasteiger partial charge in [-0.15, -0.1) is 0 Å². The number of hydrogen-bond donors (Lipinski definition) is 2. The fourth-order valence-corrected chi connectivity index (χ4v) is 3.38. The van der Waals surface area contributed by atoms with Crippen LogP contribution in [-0.4, -0.2) is 17.1 Å². The van der Waals surface area contributed by atoms with Crippen LogP contribution < -0.4 is 10.5 Å². The third-order valence-corrected chi connectivity index (χ3v) is 4.54. The van der Waals surface area contributed by atoms with E-state index in [1.807, 2.05) is 19.1 Å². The Morgan fingerprint density at radius 1 is 1.20 bits per heavy atom. The van der Waals surface area contributed by atoms with E-state index in [0.29, 0.717) is 17.8 Å². The first-order chi connectivity index (χ1) is 9.45. The van der Waals surface area contributed by atoms with Crippen molar-refractivity contribution in [3.05, 3.63) is 41.2 Å². The third-order valence-electron chi connectivity index (χ3n) is 4.54. The van der Waals surface area contributed by atoms with Crippen LogP contribution in [0.2, 0.25) is 0 Å². The average Bonchev–Trinajstić information content (AvgIpc) is 2.81. The first-order valence-corrected chi connectivity index (χ1v) is 6.91. The molecule has 0 spiro atoms. The highest BCUT2D eigenvalue weighted by atomic mass is 16.5. The van der Waals surface area contributed by atoms with Crippen LogP contribution >= 0.6 is 0 Å². The quantitative estimate of drug-likeness (QED) is 0.901. The zero-order valence-electron chi connectivity index (χ0n) is 12.4. The summed E-state index contributed by atoms with van der Waals surface area (Å²) in [7, 11) is 1.69. The van der Waals surface area contributed by atoms with Gasteiger partial charge in [-0.1, -0.05) is 26.0 Å². The molecule has 4 heteroatoms. The van der Waals surface area contributed by atoms with E-state index in [4.69, 9.17) is 10.5 Å². The van der Waals surface area contributed by atoms with E-state index >= 15 is 0 Å². The second-order valence-corrected chi connectivity index (χ2v) is 6.18. The van der Waals surface area contributed by atoms with Gasteiger partial charge in [0.1, 0.15) is 5.75 Å². The van der Waals surface area contributed by atoms with Crippen molar-refractivity contribution in [1.82, 2.24) is 9.97 Å². The lowest BCUT2D eigenvalue weighted by Crippen LogP contribution is -1.92. The molecule has 0 radical (unpaired) electrons. The fraction of sp³-hybridized carbons (Fsp3) is 0.438. The number of nitrogens with one attached hydrogen (secondary N) is 1. The molecule has 1 aliphatic carbocycles. The summed E-state index contributed by atoms with van der Waals surface area (Å²) in [6, 6.07) is 8.34. The predicted molar refractivity (Wildman–Crippen MR) is 80.0 cm³/mol. The van der Waals surface area contributed by atoms with Crippen molar-refractivity contribution in [3.63, 3.8) is 0 Å². The molecular weight excluding hydrogens is 250 g/mol. The van der Waals surface area contributed by atoms with Crippen molar-refractivity contribution in [3.8, 4) is 5.75 Å². The van der Waals surface area contributed by atoms with Gasteiger partial charge in [-0.3, -0.25) is 0 Å². The Morgan fingerprint density at radius 3 is 2.35 bits per heavy atom. The van der Waals surface area contributed by atoms with Crippen LogP contribution in [0.4, 0.5) is 5.95 Å². The Kier molecular flexibility index (Phi) is 2.78. The Bertz CT molecular complexity index is 628. The second-order valence-electron chi connectivity index (χ2n) is 6.18. The molecular formula is C16H21N3O. The number of nitrogens with zero attached hydrogens (tertiary/aromatic N) is 1. The maximum absolute atomic E-state index is 5.77. The van der Waals surface area contributed by atoms with Crippen LogP contribution in [0.5, 0.6) is 5.75 Å². The highest BCUT2D eigenvalue weighted by molar-refractivity contribution is 5.44. The molecule has 1 heterocycles. The molecule has 4 nitrogen and oxygen atoms in total. The molecule has 106 valence electrons. The van der Waals surface area contributed by atoms with Gasteiger partial charge in [-0.2, -0.15) is 0 Å². The first kappa shape index (κ1) is 13.0. The zero-order chi connectivity index (χ0) is 14.5. The lowest BCUT2D eigenvalue weighted by atomic mass is 10.0. The van der Waals surface area contributed by atoms with E-state index in [1.54, 1.807) is 7.11 Å². The number of aromatic amines is 1. The van der Waals surface area contributed by atoms with Crippen LogP contribution in [0, 0.1) is 12.3 Å². The van der Waals surface area contributed by atoms with Crippen molar-refractivity contribution in [2.75, 3.05) is 12.8 Å². The topological polar surface area (TPSA) is 63.9 Å². The summed E-state index contributed by atoms with van der Waals surface area (Å²) in [5, 5.41) is 0. The van der Waals surface area contributed by atoms with Crippen molar-refractivity contribution in [2.45, 2.75) is 32.6 Å². The Morgan fingerprint density at radius 2 is 1.85 bits per heavy atom. The minimum atomic E-state index is 0.209. The number of aromatic nitrogens is 2. The molecule has 20 heavy (non-hydrogen) atoms. The summed E-state index contributed by atoms with van der Waals surface area (Å²) < 4.78 is 5.22. The fourth-order valence-electron chi connectivity index (χ4n) is 3.38. The van der Waals surface area contributed by atoms with Gasteiger partial charge in [0, 0.05) is 11.6 Å². The Labute approximate surface area is 119 Å². The van der Waals surface area contributed by atoms with E-state index in [0.717, 1.165) is 17.1 Å². The van der Waals surface area contributed by atoms with Gasteiger partial charge in [0.15, 0.2) is 5.95 Å². The number of aryl methyl sites for hydroxylation is 1. The number of nitrogen functional groups attached to an aromatic ring is 1. The normalized spacial score (nSPS) is 23.6. The molecule has 1 aromatic heterocycles. The predicted octanol–water partition coefficient (Wildman–Crippen LogP) is 3.22.